The number of carbonyl (C=O) groups is 10. The van der Waals surface area contributed by atoms with Crippen molar-refractivity contribution in [2.24, 2.45) is 11.7 Å². The summed E-state index contributed by atoms with van der Waals surface area (Å²) in [7, 11) is -5.32. The first-order valence-electron chi connectivity index (χ1n) is 26.8. The number of rotatable bonds is 32. The summed E-state index contributed by atoms with van der Waals surface area (Å²) in [5.41, 5.74) is 3.97. The fourth-order valence-electron chi connectivity index (χ4n) is 9.28. The van der Waals surface area contributed by atoms with E-state index in [2.05, 4.69) is 42.2 Å². The van der Waals surface area contributed by atoms with Crippen LogP contribution in [0.5, 0.6) is 0 Å². The second-order valence-corrected chi connectivity index (χ2v) is 24.6. The molecular weight excluding hydrogens is 1140 g/mol. The SMILES string of the molecule is CSCC[C@H](NC(=O)[C@H](Cc1ccccc1)NC(C)=O)C(=O)NC(C)(C)C(=O)N(CP(=O)(O)O)[C@@H](Cc1ccccc1)C(=O)N[C@@H](Cc1c[nH]c2cc(Cl)ccc12)C(=O)N[C@@H](CCC(=O)O)C(=O)NC1(C(=O)N[C@@H](CC(C)C)C(N)=O)CC1. The van der Waals surface area contributed by atoms with Gasteiger partial charge >= 0.3 is 13.6 Å². The number of hydrogen-bond donors (Lipinski definition) is 12. The lowest BCUT2D eigenvalue weighted by Crippen LogP contribution is -2.64. The summed E-state index contributed by atoms with van der Waals surface area (Å²) in [6, 6.07) is 12.9. The molecule has 1 saturated carbocycles. The molecule has 0 bridgehead atoms. The van der Waals surface area contributed by atoms with Crippen LogP contribution in [0.4, 0.5) is 0 Å². The third-order valence-electron chi connectivity index (χ3n) is 13.7. The standard InChI is InChI=1S/C56H74ClN10O14PS/c1-32(2)25-42(47(58)71)64-53(77)56(22-23-56)66-51(75)39(19-20-46(69)70)61-49(73)44(28-36-30-59-41-29-37(57)17-18-38(36)41)63-52(76)45(27-35-15-11-8-12-16-35)67(31-82(79,80)81)54(78)55(4,5)65-50(74)40(21-24-83-6)62-48(72)43(60-33(3)68)26-34-13-9-7-10-14-34/h7-18,29-30,32,39-40,42-45,59H,19-28,31H2,1-6H3,(H2,58,71)(H,60,68)(H,61,73)(H,62,72)(H,63,76)(H,64,77)(H,65,74)(H,66,75)(H,69,70)(H2,79,80,81)/t39-,40-,42-,43-,44-,45-/m0/s1. The molecule has 1 aromatic heterocycles. The minimum atomic E-state index is -5.32. The number of fused-ring (bicyclic) bond motifs is 1. The third kappa shape index (κ3) is 20.2. The highest BCUT2D eigenvalue weighted by Crippen LogP contribution is 2.38. The summed E-state index contributed by atoms with van der Waals surface area (Å²) in [5.74, 6) is -9.05. The Morgan fingerprint density at radius 3 is 1.84 bits per heavy atom. The first kappa shape index (κ1) is 66.5. The van der Waals surface area contributed by atoms with Crippen LogP contribution in [0.15, 0.2) is 85.1 Å². The number of carboxylic acids is 1. The minimum Gasteiger partial charge on any atom is -0.481 e. The van der Waals surface area contributed by atoms with Gasteiger partial charge in [0.15, 0.2) is 0 Å². The Kier molecular flexibility index (Phi) is 23.9. The lowest BCUT2D eigenvalue weighted by atomic mass is 9.97. The van der Waals surface area contributed by atoms with Crippen LogP contribution in [0.25, 0.3) is 10.9 Å². The number of nitrogens with one attached hydrogen (secondary N) is 8. The molecular formula is C56H74ClN10O14PS. The van der Waals surface area contributed by atoms with Crippen molar-refractivity contribution in [1.29, 1.82) is 0 Å². The van der Waals surface area contributed by atoms with E-state index in [9.17, 15) is 57.8 Å². The van der Waals surface area contributed by atoms with Crippen LogP contribution in [0.1, 0.15) is 89.8 Å². The lowest BCUT2D eigenvalue weighted by Gasteiger charge is -2.38. The maximum atomic E-state index is 15.2. The van der Waals surface area contributed by atoms with Crippen molar-refractivity contribution < 1.29 is 67.4 Å². The third-order valence-corrected chi connectivity index (χ3v) is 15.3. The second-order valence-electron chi connectivity index (χ2n) is 21.6. The van der Waals surface area contributed by atoms with Gasteiger partial charge in [0.2, 0.25) is 53.2 Å². The van der Waals surface area contributed by atoms with Crippen LogP contribution < -0.4 is 43.0 Å². The van der Waals surface area contributed by atoms with Crippen molar-refractivity contribution in [3.05, 3.63) is 107 Å². The molecule has 0 unspecified atom stereocenters. The van der Waals surface area contributed by atoms with Gasteiger partial charge in [-0.25, -0.2) is 0 Å². The molecule has 0 aliphatic heterocycles. The average Bonchev–Trinajstić information content (AvgIpc) is 4.34. The van der Waals surface area contributed by atoms with E-state index >= 15 is 9.59 Å². The Morgan fingerprint density at radius 2 is 1.31 bits per heavy atom. The number of carbonyl (C=O) groups excluding carboxylic acids is 9. The predicted octanol–water partition coefficient (Wildman–Crippen LogP) is 2.32. The highest BCUT2D eigenvalue weighted by molar-refractivity contribution is 7.98. The molecule has 9 amide bonds. The zero-order chi connectivity index (χ0) is 61.4. The van der Waals surface area contributed by atoms with E-state index in [4.69, 9.17) is 17.3 Å². The van der Waals surface area contributed by atoms with E-state index in [1.54, 1.807) is 85.1 Å². The van der Waals surface area contributed by atoms with Gasteiger partial charge < -0.3 is 67.7 Å². The smallest absolute Gasteiger partial charge is 0.344 e. The van der Waals surface area contributed by atoms with Crippen LogP contribution in [0.3, 0.4) is 0 Å². The first-order valence-corrected chi connectivity index (χ1v) is 30.4. The number of amides is 9. The Morgan fingerprint density at radius 1 is 0.747 bits per heavy atom. The van der Waals surface area contributed by atoms with Crippen LogP contribution in [-0.2, 0) is 71.8 Å². The average molecular weight is 1210 g/mol. The number of aromatic amines is 1. The molecule has 1 heterocycles. The molecule has 4 aromatic rings. The molecule has 83 heavy (non-hydrogen) atoms. The summed E-state index contributed by atoms with van der Waals surface area (Å²) in [4.78, 5) is 163. The molecule has 0 saturated heterocycles. The minimum absolute atomic E-state index is 0.0319. The van der Waals surface area contributed by atoms with Gasteiger partial charge in [0.1, 0.15) is 53.6 Å². The van der Waals surface area contributed by atoms with Crippen molar-refractivity contribution in [3.8, 4) is 0 Å². The fraction of sp³-hybridized carbons (Fsp3) is 0.464. The lowest BCUT2D eigenvalue weighted by molar-refractivity contribution is -0.146. The van der Waals surface area contributed by atoms with E-state index < -0.39 is 140 Å². The summed E-state index contributed by atoms with van der Waals surface area (Å²) >= 11 is 7.63. The van der Waals surface area contributed by atoms with Gasteiger partial charge in [0, 0.05) is 54.7 Å². The summed E-state index contributed by atoms with van der Waals surface area (Å²) < 4.78 is 13.1. The topological polar surface area (TPSA) is 378 Å². The molecule has 1 aliphatic rings. The first-order chi connectivity index (χ1) is 39.0. The Balaban J connectivity index is 1.51. The van der Waals surface area contributed by atoms with Gasteiger partial charge in [-0.15, -0.1) is 0 Å². The molecule has 5 rings (SSSR count). The predicted molar refractivity (Wildman–Crippen MR) is 311 cm³/mol. The van der Waals surface area contributed by atoms with Crippen LogP contribution in [0, 0.1) is 5.92 Å². The van der Waals surface area contributed by atoms with E-state index in [1.807, 2.05) is 13.8 Å². The number of halogens is 1. The number of carboxylic acid groups (broad SMARTS) is 1. The molecule has 1 aliphatic carbocycles. The Hall–Kier alpha value is -7.31. The van der Waals surface area contributed by atoms with E-state index in [0.717, 1.165) is 0 Å². The molecule has 13 N–H and O–H groups in total. The van der Waals surface area contributed by atoms with Crippen molar-refractivity contribution in [2.75, 3.05) is 18.3 Å². The van der Waals surface area contributed by atoms with Crippen molar-refractivity contribution in [3.63, 3.8) is 0 Å². The molecule has 1 fully saturated rings. The number of benzene rings is 3. The molecule has 0 spiro atoms. The van der Waals surface area contributed by atoms with E-state index in [1.165, 1.54) is 38.7 Å². The zero-order valence-electron chi connectivity index (χ0n) is 47.0. The quantitative estimate of drug-likeness (QED) is 0.0312. The van der Waals surface area contributed by atoms with Gasteiger partial charge in [-0.2, -0.15) is 11.8 Å². The number of aliphatic carboxylic acids is 1. The molecule has 27 heteroatoms. The fourth-order valence-corrected chi connectivity index (χ4v) is 10.6. The van der Waals surface area contributed by atoms with Crippen molar-refractivity contribution in [2.45, 2.75) is 140 Å². The normalized spacial score (nSPS) is 15.0. The molecule has 24 nitrogen and oxygen atoms in total. The Labute approximate surface area is 489 Å². The number of aromatic nitrogens is 1. The Bertz CT molecular complexity index is 3050. The molecule has 0 radical (unpaired) electrons. The zero-order valence-corrected chi connectivity index (χ0v) is 49.5. The van der Waals surface area contributed by atoms with Gasteiger partial charge in [-0.3, -0.25) is 52.5 Å². The largest absolute Gasteiger partial charge is 0.481 e. The van der Waals surface area contributed by atoms with Gasteiger partial charge in [-0.1, -0.05) is 92.2 Å². The summed E-state index contributed by atoms with van der Waals surface area (Å²) in [6.07, 6.45) is 0.506. The number of nitrogens with zero attached hydrogens (tertiary/aromatic N) is 1. The van der Waals surface area contributed by atoms with Gasteiger partial charge in [0.05, 0.1) is 0 Å². The van der Waals surface area contributed by atoms with Crippen molar-refractivity contribution in [1.82, 2.24) is 47.1 Å². The number of H-pyrrole nitrogens is 1. The van der Waals surface area contributed by atoms with Crippen molar-refractivity contribution >= 4 is 101 Å². The number of nitrogens with two attached hydrogens (primary N) is 1. The molecule has 450 valence electrons. The maximum absolute atomic E-state index is 15.2. The molecule has 6 atom stereocenters. The van der Waals surface area contributed by atoms with E-state index in [0.29, 0.717) is 43.3 Å². The summed E-state index contributed by atoms with van der Waals surface area (Å²) in [5, 5.41) is 28.9. The van der Waals surface area contributed by atoms with Gasteiger partial charge in [-0.05, 0) is 92.7 Å². The van der Waals surface area contributed by atoms with Crippen LogP contribution >= 0.6 is 31.0 Å². The number of thioether (sulfide) groups is 1. The second kappa shape index (κ2) is 29.8. The van der Waals surface area contributed by atoms with Crippen LogP contribution in [0.2, 0.25) is 5.02 Å². The summed E-state index contributed by atoms with van der Waals surface area (Å²) in [6.45, 7) is 7.34. The number of primary amides is 1. The highest BCUT2D eigenvalue weighted by Gasteiger charge is 2.53. The van der Waals surface area contributed by atoms with Gasteiger partial charge in [0.25, 0.3) is 0 Å². The monoisotopic (exact) mass is 1210 g/mol. The maximum Gasteiger partial charge on any atom is 0.344 e. The molecule has 3 aromatic carbocycles. The highest BCUT2D eigenvalue weighted by atomic mass is 35.5. The van der Waals surface area contributed by atoms with E-state index in [-0.39, 0.29) is 44.4 Å². The number of hydrogen-bond acceptors (Lipinski definition) is 12. The van der Waals surface area contributed by atoms with Crippen LogP contribution in [-0.4, -0.2) is 150 Å².